The number of rotatable bonds is 1. The zero-order valence-corrected chi connectivity index (χ0v) is 15.4. The van der Waals surface area contributed by atoms with Crippen molar-refractivity contribution in [3.05, 3.63) is 11.6 Å². The SMILES string of the molecule is C[C@@H](O)C1CCC2C3CCC4=C[C@@H](O)CC[C@]4(C)C3[C@H](O)C[C@@]21C. The number of fused-ring (bicyclic) bond motifs is 5. The van der Waals surface area contributed by atoms with E-state index in [9.17, 15) is 15.3 Å². The van der Waals surface area contributed by atoms with Gasteiger partial charge in [0.25, 0.3) is 0 Å². The Kier molecular flexibility index (Phi) is 3.95. The van der Waals surface area contributed by atoms with Crippen LogP contribution in [0.1, 0.15) is 65.7 Å². The molecule has 0 aromatic carbocycles. The van der Waals surface area contributed by atoms with Crippen molar-refractivity contribution in [1.29, 1.82) is 0 Å². The van der Waals surface area contributed by atoms with Crippen LogP contribution in [0.5, 0.6) is 0 Å². The third-order valence-corrected chi connectivity index (χ3v) is 8.68. The summed E-state index contributed by atoms with van der Waals surface area (Å²) in [5.41, 5.74) is 1.54. The summed E-state index contributed by atoms with van der Waals surface area (Å²) >= 11 is 0. The zero-order valence-electron chi connectivity index (χ0n) is 15.4. The van der Waals surface area contributed by atoms with E-state index >= 15 is 0 Å². The van der Waals surface area contributed by atoms with Crippen LogP contribution in [0.2, 0.25) is 0 Å². The fraction of sp³-hybridized carbons (Fsp3) is 0.905. The monoisotopic (exact) mass is 334 g/mol. The van der Waals surface area contributed by atoms with Crippen LogP contribution in [0.15, 0.2) is 11.6 Å². The van der Waals surface area contributed by atoms with Crippen LogP contribution in [0, 0.1) is 34.5 Å². The summed E-state index contributed by atoms with van der Waals surface area (Å²) < 4.78 is 0. The summed E-state index contributed by atoms with van der Waals surface area (Å²) in [5.74, 6) is 1.86. The van der Waals surface area contributed by atoms with Gasteiger partial charge in [0.1, 0.15) is 0 Å². The smallest absolute Gasteiger partial charge is 0.0724 e. The molecule has 4 unspecified atom stereocenters. The van der Waals surface area contributed by atoms with Gasteiger partial charge in [-0.2, -0.15) is 0 Å². The van der Waals surface area contributed by atoms with E-state index in [0.29, 0.717) is 23.7 Å². The molecule has 0 saturated heterocycles. The van der Waals surface area contributed by atoms with Gasteiger partial charge in [0.2, 0.25) is 0 Å². The lowest BCUT2D eigenvalue weighted by Gasteiger charge is -2.60. The summed E-state index contributed by atoms with van der Waals surface area (Å²) in [7, 11) is 0. The summed E-state index contributed by atoms with van der Waals surface area (Å²) in [6.07, 6.45) is 8.44. The predicted molar refractivity (Wildman–Crippen MR) is 94.3 cm³/mol. The molecule has 3 nitrogen and oxygen atoms in total. The molecule has 0 bridgehead atoms. The van der Waals surface area contributed by atoms with E-state index in [1.807, 2.05) is 6.92 Å². The van der Waals surface area contributed by atoms with E-state index in [1.54, 1.807) is 0 Å². The third-order valence-electron chi connectivity index (χ3n) is 8.68. The van der Waals surface area contributed by atoms with E-state index in [0.717, 1.165) is 38.5 Å². The van der Waals surface area contributed by atoms with Gasteiger partial charge in [-0.05, 0) is 86.4 Å². The quantitative estimate of drug-likeness (QED) is 0.645. The molecule has 0 radical (unpaired) electrons. The van der Waals surface area contributed by atoms with Gasteiger partial charge in [0, 0.05) is 0 Å². The van der Waals surface area contributed by atoms with Crippen molar-refractivity contribution >= 4 is 0 Å². The lowest BCUT2D eigenvalue weighted by molar-refractivity contribution is -0.138. The van der Waals surface area contributed by atoms with Crippen molar-refractivity contribution in [3.8, 4) is 0 Å². The number of aliphatic hydroxyl groups is 3. The number of hydrogen-bond acceptors (Lipinski definition) is 3. The van der Waals surface area contributed by atoms with Crippen LogP contribution in [-0.2, 0) is 0 Å². The van der Waals surface area contributed by atoms with Crippen molar-refractivity contribution in [3.63, 3.8) is 0 Å². The van der Waals surface area contributed by atoms with Gasteiger partial charge >= 0.3 is 0 Å². The molecule has 0 aliphatic heterocycles. The fourth-order valence-corrected chi connectivity index (χ4v) is 7.67. The van der Waals surface area contributed by atoms with Crippen molar-refractivity contribution in [2.45, 2.75) is 84.0 Å². The minimum atomic E-state index is -0.290. The van der Waals surface area contributed by atoms with Crippen molar-refractivity contribution < 1.29 is 15.3 Å². The van der Waals surface area contributed by atoms with Crippen LogP contribution in [0.3, 0.4) is 0 Å². The topological polar surface area (TPSA) is 60.7 Å². The second kappa shape index (κ2) is 5.56. The Hall–Kier alpha value is -0.380. The molecule has 9 atom stereocenters. The van der Waals surface area contributed by atoms with Gasteiger partial charge in [-0.25, -0.2) is 0 Å². The summed E-state index contributed by atoms with van der Waals surface area (Å²) in [6.45, 7) is 6.61. The maximum Gasteiger partial charge on any atom is 0.0724 e. The Bertz CT molecular complexity index is 541. The number of allylic oxidation sites excluding steroid dienone is 1. The third kappa shape index (κ3) is 2.20. The minimum absolute atomic E-state index is 0.0613. The maximum absolute atomic E-state index is 11.2. The molecule has 3 fully saturated rings. The van der Waals surface area contributed by atoms with Crippen LogP contribution in [0.25, 0.3) is 0 Å². The summed E-state index contributed by atoms with van der Waals surface area (Å²) in [5, 5.41) is 31.5. The number of aliphatic hydroxyl groups excluding tert-OH is 3. The van der Waals surface area contributed by atoms with Gasteiger partial charge < -0.3 is 15.3 Å². The first kappa shape index (κ1) is 17.1. The molecule has 0 heterocycles. The molecule has 3 saturated carbocycles. The highest BCUT2D eigenvalue weighted by molar-refractivity contribution is 5.26. The molecule has 4 aliphatic rings. The Labute approximate surface area is 146 Å². The standard InChI is InChI=1S/C21H34O3/c1-12(22)16-6-7-17-15-5-4-13-10-14(23)8-9-20(13,2)19(15)18(24)11-21(16,17)3/h10,12,14-19,22-24H,4-9,11H2,1-3H3/t12-,14+,15?,16?,17?,18-,19?,20+,21-/m1/s1. The first-order chi connectivity index (χ1) is 11.3. The molecule has 0 aromatic rings. The zero-order chi connectivity index (χ0) is 17.3. The molecule has 0 spiro atoms. The minimum Gasteiger partial charge on any atom is -0.393 e. The second-order valence-corrected chi connectivity index (χ2v) is 9.75. The largest absolute Gasteiger partial charge is 0.393 e. The van der Waals surface area contributed by atoms with Gasteiger partial charge in [0.05, 0.1) is 18.3 Å². The Morgan fingerprint density at radius 2 is 1.88 bits per heavy atom. The average Bonchev–Trinajstić information content (AvgIpc) is 2.84. The molecule has 24 heavy (non-hydrogen) atoms. The lowest BCUT2D eigenvalue weighted by atomic mass is 9.45. The fourth-order valence-electron chi connectivity index (χ4n) is 7.67. The van der Waals surface area contributed by atoms with E-state index in [4.69, 9.17) is 0 Å². The van der Waals surface area contributed by atoms with Crippen molar-refractivity contribution in [2.24, 2.45) is 34.5 Å². The van der Waals surface area contributed by atoms with Crippen LogP contribution < -0.4 is 0 Å². The number of hydrogen-bond donors (Lipinski definition) is 3. The Morgan fingerprint density at radius 1 is 1.12 bits per heavy atom. The molecular weight excluding hydrogens is 300 g/mol. The summed E-state index contributed by atoms with van der Waals surface area (Å²) in [6, 6.07) is 0. The van der Waals surface area contributed by atoms with Gasteiger partial charge in [-0.1, -0.05) is 25.5 Å². The lowest BCUT2D eigenvalue weighted by Crippen LogP contribution is -2.57. The molecule has 136 valence electrons. The van der Waals surface area contributed by atoms with Gasteiger partial charge in [0.15, 0.2) is 0 Å². The highest BCUT2D eigenvalue weighted by Gasteiger charge is 2.62. The highest BCUT2D eigenvalue weighted by atomic mass is 16.3. The van der Waals surface area contributed by atoms with E-state index in [2.05, 4.69) is 19.9 Å². The molecule has 0 aromatic heterocycles. The molecule has 3 heteroatoms. The average molecular weight is 335 g/mol. The van der Waals surface area contributed by atoms with Gasteiger partial charge in [-0.3, -0.25) is 0 Å². The van der Waals surface area contributed by atoms with Gasteiger partial charge in [-0.15, -0.1) is 0 Å². The maximum atomic E-state index is 11.2. The molecule has 4 rings (SSSR count). The molecule has 3 N–H and O–H groups in total. The highest BCUT2D eigenvalue weighted by Crippen LogP contribution is 2.67. The normalized spacial score (nSPS) is 55.2. The summed E-state index contributed by atoms with van der Waals surface area (Å²) in [4.78, 5) is 0. The van der Waals surface area contributed by atoms with E-state index in [1.165, 1.54) is 12.0 Å². The van der Waals surface area contributed by atoms with Crippen LogP contribution in [-0.4, -0.2) is 33.6 Å². The predicted octanol–water partition coefficient (Wildman–Crippen LogP) is 3.28. The molecule has 4 aliphatic carbocycles. The second-order valence-electron chi connectivity index (χ2n) is 9.75. The Balaban J connectivity index is 1.70. The van der Waals surface area contributed by atoms with Crippen molar-refractivity contribution in [1.82, 2.24) is 0 Å². The first-order valence-electron chi connectivity index (χ1n) is 10.0. The Morgan fingerprint density at radius 3 is 2.58 bits per heavy atom. The van der Waals surface area contributed by atoms with Crippen LogP contribution >= 0.6 is 0 Å². The van der Waals surface area contributed by atoms with E-state index in [-0.39, 0.29) is 29.1 Å². The van der Waals surface area contributed by atoms with Crippen LogP contribution in [0.4, 0.5) is 0 Å². The van der Waals surface area contributed by atoms with E-state index < -0.39 is 0 Å². The first-order valence-corrected chi connectivity index (χ1v) is 10.0. The molecular formula is C21H34O3. The molecule has 0 amide bonds. The van der Waals surface area contributed by atoms with Crippen molar-refractivity contribution in [2.75, 3.05) is 0 Å².